The van der Waals surface area contributed by atoms with Crippen LogP contribution < -0.4 is 24.8 Å². The van der Waals surface area contributed by atoms with Crippen LogP contribution in [-0.4, -0.2) is 62.7 Å². The molecule has 2 amide bonds. The molecule has 0 unspecified atom stereocenters. The van der Waals surface area contributed by atoms with Crippen LogP contribution in [0.2, 0.25) is 0 Å². The largest absolute Gasteiger partial charge is 0.496 e. The normalized spacial score (nSPS) is 11.2. The first-order chi connectivity index (χ1) is 20.1. The molecule has 0 aliphatic rings. The summed E-state index contributed by atoms with van der Waals surface area (Å²) < 4.78 is 52.1. The number of benzene rings is 2. The van der Waals surface area contributed by atoms with Crippen molar-refractivity contribution in [3.63, 3.8) is 0 Å². The van der Waals surface area contributed by atoms with E-state index in [0.29, 0.717) is 29.7 Å². The Morgan fingerprint density at radius 3 is 2.52 bits per heavy atom. The standard InChI is InChI=1S/C27H32N6O8S/c1-5-18-6-7-21(38-3)24(12-18)42(36,37)32-26-25-22(39-4)10-19(11-23(25)41-31-26)15-33-16-20(14-30-33)13-29-27(35)40-9-8-28-17(2)34/h6-7,10-12,14,16H,5,8-9,13,15H2,1-4H3,(H,28,34)(H,29,35)(H,31,32). The van der Waals surface area contributed by atoms with Crippen molar-refractivity contribution in [3.05, 3.63) is 59.4 Å². The number of methoxy groups -OCH3 is 2. The van der Waals surface area contributed by atoms with Crippen molar-refractivity contribution in [2.75, 3.05) is 32.1 Å². The topological polar surface area (TPSA) is 176 Å². The van der Waals surface area contributed by atoms with Crippen molar-refractivity contribution >= 4 is 38.8 Å². The number of ether oxygens (including phenoxy) is 3. The maximum Gasteiger partial charge on any atom is 0.407 e. The second kappa shape index (κ2) is 13.2. The molecule has 0 fully saturated rings. The minimum atomic E-state index is -4.08. The zero-order chi connectivity index (χ0) is 30.3. The number of anilines is 1. The van der Waals surface area contributed by atoms with E-state index in [-0.39, 0.29) is 42.1 Å². The first kappa shape index (κ1) is 30.2. The Labute approximate surface area is 242 Å². The van der Waals surface area contributed by atoms with Crippen LogP contribution in [0.4, 0.5) is 10.6 Å². The minimum absolute atomic E-state index is 0.0154. The number of fused-ring (bicyclic) bond motifs is 1. The fourth-order valence-corrected chi connectivity index (χ4v) is 5.34. The van der Waals surface area contributed by atoms with Gasteiger partial charge in [0.05, 0.1) is 33.5 Å². The van der Waals surface area contributed by atoms with Crippen LogP contribution in [0, 0.1) is 0 Å². The number of alkyl carbamates (subject to hydrolysis) is 1. The lowest BCUT2D eigenvalue weighted by Gasteiger charge is -2.12. The van der Waals surface area contributed by atoms with Gasteiger partial charge in [0.2, 0.25) is 5.91 Å². The SMILES string of the molecule is CCc1ccc(OC)c(S(=O)(=O)Nc2noc3cc(Cn4cc(CNC(=O)OCCNC(C)=O)cn4)cc(OC)c23)c1. The number of aryl methyl sites for hydroxylation is 1. The first-order valence-corrected chi connectivity index (χ1v) is 14.4. The summed E-state index contributed by atoms with van der Waals surface area (Å²) >= 11 is 0. The summed E-state index contributed by atoms with van der Waals surface area (Å²) in [6.07, 6.45) is 3.40. The summed E-state index contributed by atoms with van der Waals surface area (Å²) in [5, 5.41) is 13.8. The van der Waals surface area contributed by atoms with Crippen molar-refractivity contribution < 1.29 is 36.7 Å². The molecule has 42 heavy (non-hydrogen) atoms. The van der Waals surface area contributed by atoms with Gasteiger partial charge in [0.15, 0.2) is 11.4 Å². The molecule has 2 aromatic carbocycles. The van der Waals surface area contributed by atoms with Crippen LogP contribution in [-0.2, 0) is 39.1 Å². The predicted octanol–water partition coefficient (Wildman–Crippen LogP) is 2.82. The molecule has 14 nitrogen and oxygen atoms in total. The lowest BCUT2D eigenvalue weighted by Crippen LogP contribution is -2.29. The van der Waals surface area contributed by atoms with Crippen LogP contribution in [0.15, 0.2) is 52.1 Å². The van der Waals surface area contributed by atoms with Gasteiger partial charge in [0.1, 0.15) is 28.4 Å². The highest BCUT2D eigenvalue weighted by atomic mass is 32.2. The minimum Gasteiger partial charge on any atom is -0.496 e. The number of aromatic nitrogens is 3. The molecule has 2 aromatic heterocycles. The molecule has 0 aliphatic carbocycles. The van der Waals surface area contributed by atoms with Crippen molar-refractivity contribution in [3.8, 4) is 11.5 Å². The Morgan fingerprint density at radius 2 is 1.81 bits per heavy atom. The number of rotatable bonds is 13. The molecule has 0 saturated heterocycles. The average Bonchev–Trinajstić information content (AvgIpc) is 3.59. The molecule has 0 spiro atoms. The monoisotopic (exact) mass is 600 g/mol. The second-order valence-corrected chi connectivity index (χ2v) is 10.8. The molecule has 4 aromatic rings. The van der Waals surface area contributed by atoms with Crippen molar-refractivity contribution in [1.82, 2.24) is 25.6 Å². The van der Waals surface area contributed by atoms with Gasteiger partial charge in [-0.2, -0.15) is 5.10 Å². The summed E-state index contributed by atoms with van der Waals surface area (Å²) in [5.74, 6) is 0.334. The highest BCUT2D eigenvalue weighted by molar-refractivity contribution is 7.92. The van der Waals surface area contributed by atoms with Gasteiger partial charge in [-0.25, -0.2) is 13.2 Å². The van der Waals surface area contributed by atoms with Crippen LogP contribution in [0.5, 0.6) is 11.5 Å². The van der Waals surface area contributed by atoms with E-state index < -0.39 is 16.1 Å². The van der Waals surface area contributed by atoms with Crippen molar-refractivity contribution in [1.29, 1.82) is 0 Å². The molecule has 0 atom stereocenters. The second-order valence-electron chi connectivity index (χ2n) is 9.17. The smallest absolute Gasteiger partial charge is 0.407 e. The van der Waals surface area contributed by atoms with Crippen LogP contribution in [0.1, 0.15) is 30.5 Å². The third-order valence-electron chi connectivity index (χ3n) is 6.15. The van der Waals surface area contributed by atoms with E-state index in [1.54, 1.807) is 47.4 Å². The summed E-state index contributed by atoms with van der Waals surface area (Å²) in [4.78, 5) is 22.7. The number of carbonyl (C=O) groups is 2. The molecule has 0 bridgehead atoms. The molecule has 15 heteroatoms. The van der Waals surface area contributed by atoms with E-state index in [1.807, 2.05) is 6.92 Å². The maximum atomic E-state index is 13.3. The fraction of sp³-hybridized carbons (Fsp3) is 0.333. The van der Waals surface area contributed by atoms with Gasteiger partial charge in [-0.15, -0.1) is 0 Å². The summed E-state index contributed by atoms with van der Waals surface area (Å²) in [7, 11) is -1.21. The van der Waals surface area contributed by atoms with Gasteiger partial charge >= 0.3 is 6.09 Å². The number of hydrogen-bond donors (Lipinski definition) is 3. The maximum absolute atomic E-state index is 13.3. The first-order valence-electron chi connectivity index (χ1n) is 13.0. The predicted molar refractivity (Wildman–Crippen MR) is 152 cm³/mol. The molecular formula is C27H32N6O8S. The number of sulfonamides is 1. The lowest BCUT2D eigenvalue weighted by molar-refractivity contribution is -0.119. The third kappa shape index (κ3) is 7.28. The average molecular weight is 601 g/mol. The summed E-state index contributed by atoms with van der Waals surface area (Å²) in [6.45, 7) is 4.12. The Hall–Kier alpha value is -4.79. The number of amides is 2. The highest BCUT2D eigenvalue weighted by Crippen LogP contribution is 2.36. The number of carbonyl (C=O) groups excluding carboxylic acids is 2. The molecule has 2 heterocycles. The number of hydrogen-bond acceptors (Lipinski definition) is 10. The molecule has 0 saturated carbocycles. The van der Waals surface area contributed by atoms with E-state index in [4.69, 9.17) is 18.7 Å². The van der Waals surface area contributed by atoms with Gasteiger partial charge in [-0.1, -0.05) is 18.1 Å². The van der Waals surface area contributed by atoms with E-state index in [0.717, 1.165) is 16.7 Å². The third-order valence-corrected chi connectivity index (χ3v) is 7.51. The van der Waals surface area contributed by atoms with Gasteiger partial charge in [0.25, 0.3) is 10.0 Å². The zero-order valence-electron chi connectivity index (χ0n) is 23.6. The highest BCUT2D eigenvalue weighted by Gasteiger charge is 2.25. The van der Waals surface area contributed by atoms with Gasteiger partial charge < -0.3 is 29.4 Å². The molecule has 4 rings (SSSR count). The van der Waals surface area contributed by atoms with E-state index in [2.05, 4.69) is 25.6 Å². The Balaban J connectivity index is 1.46. The number of nitrogens with one attached hydrogen (secondary N) is 3. The van der Waals surface area contributed by atoms with Crippen LogP contribution >= 0.6 is 0 Å². The Bertz CT molecular complexity index is 1680. The van der Waals surface area contributed by atoms with E-state index in [9.17, 15) is 18.0 Å². The van der Waals surface area contributed by atoms with Crippen LogP contribution in [0.25, 0.3) is 11.0 Å². The summed E-state index contributed by atoms with van der Waals surface area (Å²) in [6, 6.07) is 8.43. The fourth-order valence-electron chi connectivity index (χ4n) is 4.11. The molecule has 3 N–H and O–H groups in total. The Morgan fingerprint density at radius 1 is 1.02 bits per heavy atom. The lowest BCUT2D eigenvalue weighted by atomic mass is 10.1. The number of nitrogens with zero attached hydrogens (tertiary/aromatic N) is 3. The van der Waals surface area contributed by atoms with Crippen LogP contribution in [0.3, 0.4) is 0 Å². The Kier molecular flexibility index (Phi) is 9.52. The van der Waals surface area contributed by atoms with E-state index >= 15 is 0 Å². The van der Waals surface area contributed by atoms with Gasteiger partial charge in [0, 0.05) is 25.2 Å². The van der Waals surface area contributed by atoms with E-state index in [1.165, 1.54) is 21.1 Å². The zero-order valence-corrected chi connectivity index (χ0v) is 24.4. The summed E-state index contributed by atoms with van der Waals surface area (Å²) in [5.41, 5.74) is 2.63. The van der Waals surface area contributed by atoms with Gasteiger partial charge in [-0.05, 0) is 41.8 Å². The molecular weight excluding hydrogens is 568 g/mol. The molecule has 0 radical (unpaired) electrons. The molecule has 224 valence electrons. The van der Waals surface area contributed by atoms with Crippen molar-refractivity contribution in [2.45, 2.75) is 38.3 Å². The van der Waals surface area contributed by atoms with Crippen molar-refractivity contribution in [2.24, 2.45) is 0 Å². The quantitative estimate of drug-likeness (QED) is 0.193. The van der Waals surface area contributed by atoms with Gasteiger partial charge in [-0.3, -0.25) is 14.2 Å². The molecule has 0 aliphatic heterocycles.